The molecular weight excluding hydrogens is 649 g/mol. The highest BCUT2D eigenvalue weighted by Crippen LogP contribution is 2.43. The van der Waals surface area contributed by atoms with Gasteiger partial charge in [-0.15, -0.1) is 0 Å². The number of aliphatic carboxylic acids is 1. The number of pyridine rings is 2. The summed E-state index contributed by atoms with van der Waals surface area (Å²) in [6.45, 7) is -0.209. The summed E-state index contributed by atoms with van der Waals surface area (Å²) < 4.78 is 16.7. The van der Waals surface area contributed by atoms with Gasteiger partial charge in [0.25, 0.3) is 5.91 Å². The lowest BCUT2D eigenvalue weighted by Crippen LogP contribution is -2.22. The summed E-state index contributed by atoms with van der Waals surface area (Å²) in [5, 5.41) is 15.0. The van der Waals surface area contributed by atoms with Gasteiger partial charge in [-0.25, -0.2) is 4.98 Å². The predicted molar refractivity (Wildman–Crippen MR) is 175 cm³/mol. The minimum Gasteiger partial charge on any atom is -0.481 e. The van der Waals surface area contributed by atoms with Crippen LogP contribution in [0.15, 0.2) is 60.8 Å². The van der Waals surface area contributed by atoms with Crippen LogP contribution in [0.1, 0.15) is 45.1 Å². The van der Waals surface area contributed by atoms with Crippen molar-refractivity contribution in [2.24, 2.45) is 5.73 Å². The quantitative estimate of drug-likeness (QED) is 0.141. The third kappa shape index (κ3) is 7.98. The fourth-order valence-electron chi connectivity index (χ4n) is 5.22. The number of aromatic nitrogens is 2. The van der Waals surface area contributed by atoms with Crippen LogP contribution in [0.25, 0.3) is 11.1 Å². The maximum absolute atomic E-state index is 13.2. The first-order valence-corrected chi connectivity index (χ1v) is 15.3. The van der Waals surface area contributed by atoms with Crippen LogP contribution in [-0.2, 0) is 33.9 Å². The third-order valence-electron chi connectivity index (χ3n) is 7.40. The fourth-order valence-corrected chi connectivity index (χ4v) is 5.75. The summed E-state index contributed by atoms with van der Waals surface area (Å²) in [6, 6.07) is 16.0. The number of nitrogens with two attached hydrogens (primary N) is 1. The number of nitrogens with one attached hydrogen (secondary N) is 2. The number of ether oxygens (including phenoxy) is 3. The normalized spacial score (nSPS) is 13.5. The molecule has 0 saturated heterocycles. The Morgan fingerprint density at radius 3 is 2.57 bits per heavy atom. The highest BCUT2D eigenvalue weighted by Gasteiger charge is 2.29. The van der Waals surface area contributed by atoms with Crippen molar-refractivity contribution < 1.29 is 33.7 Å². The molecule has 4 aromatic rings. The highest BCUT2D eigenvalue weighted by atomic mass is 35.5. The molecule has 14 heteroatoms. The van der Waals surface area contributed by atoms with Crippen molar-refractivity contribution in [3.8, 4) is 22.9 Å². The second-order valence-corrected chi connectivity index (χ2v) is 11.3. The van der Waals surface area contributed by atoms with E-state index in [0.717, 1.165) is 16.7 Å². The molecule has 47 heavy (non-hydrogen) atoms. The smallest absolute Gasteiger partial charge is 0.320 e. The molecule has 244 valence electrons. The molecule has 0 spiro atoms. The number of carboxylic acid groups (broad SMARTS) is 1. The Bertz CT molecular complexity index is 1800. The first-order chi connectivity index (χ1) is 22.7. The number of anilines is 1. The SMILES string of the molecule is COc1nc(O[C@H]2CCc3c(-c4cccc(C(=O)Nc5ccc(COC(=O)CN)cn5)c4Cl)cccc32)c(Cl)cc1CNCC(=O)O. The molecule has 2 aromatic heterocycles. The summed E-state index contributed by atoms with van der Waals surface area (Å²) in [4.78, 5) is 44.1. The van der Waals surface area contributed by atoms with E-state index in [0.29, 0.717) is 35.3 Å². The van der Waals surface area contributed by atoms with E-state index < -0.39 is 17.8 Å². The maximum Gasteiger partial charge on any atom is 0.320 e. The number of esters is 1. The molecule has 2 aromatic carbocycles. The van der Waals surface area contributed by atoms with Crippen LogP contribution in [0, 0.1) is 0 Å². The van der Waals surface area contributed by atoms with E-state index >= 15 is 0 Å². The summed E-state index contributed by atoms with van der Waals surface area (Å²) in [5.74, 6) is -1.17. The Kier molecular flexibility index (Phi) is 10.9. The van der Waals surface area contributed by atoms with E-state index in [9.17, 15) is 14.4 Å². The molecule has 0 saturated carbocycles. The molecule has 12 nitrogen and oxygen atoms in total. The maximum atomic E-state index is 13.2. The number of carboxylic acids is 1. The Morgan fingerprint density at radius 1 is 1.06 bits per heavy atom. The van der Waals surface area contributed by atoms with Crippen molar-refractivity contribution in [2.45, 2.75) is 32.1 Å². The molecule has 2 heterocycles. The fraction of sp³-hybridized carbons (Fsp3) is 0.242. The molecule has 1 aliphatic carbocycles. The van der Waals surface area contributed by atoms with E-state index in [2.05, 4.69) is 20.6 Å². The number of amides is 1. The van der Waals surface area contributed by atoms with Crippen LogP contribution in [0.4, 0.5) is 5.82 Å². The number of nitrogens with zero attached hydrogens (tertiary/aromatic N) is 2. The number of fused-ring (bicyclic) bond motifs is 1. The van der Waals surface area contributed by atoms with Gasteiger partial charge in [-0.2, -0.15) is 4.98 Å². The number of hydrogen-bond donors (Lipinski definition) is 4. The summed E-state index contributed by atoms with van der Waals surface area (Å²) >= 11 is 13.4. The van der Waals surface area contributed by atoms with Crippen molar-refractivity contribution in [1.29, 1.82) is 0 Å². The van der Waals surface area contributed by atoms with Gasteiger partial charge < -0.3 is 35.7 Å². The van der Waals surface area contributed by atoms with E-state index in [4.69, 9.17) is 48.3 Å². The van der Waals surface area contributed by atoms with Gasteiger partial charge in [0, 0.05) is 29.4 Å². The topological polar surface area (TPSA) is 175 Å². The van der Waals surface area contributed by atoms with Crippen LogP contribution >= 0.6 is 23.2 Å². The number of hydrogen-bond acceptors (Lipinski definition) is 10. The number of benzene rings is 2. The molecule has 5 N–H and O–H groups in total. The minimum atomic E-state index is -0.982. The van der Waals surface area contributed by atoms with Gasteiger partial charge in [0.05, 0.1) is 30.8 Å². The second kappa shape index (κ2) is 15.2. The van der Waals surface area contributed by atoms with Gasteiger partial charge in [0.1, 0.15) is 23.6 Å². The average Bonchev–Trinajstić information content (AvgIpc) is 3.48. The molecular formula is C33H31Cl2N5O7. The zero-order valence-corrected chi connectivity index (χ0v) is 26.7. The molecule has 0 unspecified atom stereocenters. The van der Waals surface area contributed by atoms with E-state index in [1.54, 1.807) is 30.3 Å². The lowest BCUT2D eigenvalue weighted by Gasteiger charge is -2.18. The van der Waals surface area contributed by atoms with Gasteiger partial charge in [-0.1, -0.05) is 59.6 Å². The van der Waals surface area contributed by atoms with Crippen LogP contribution in [-0.4, -0.2) is 53.1 Å². The van der Waals surface area contributed by atoms with Crippen molar-refractivity contribution in [2.75, 3.05) is 25.5 Å². The highest BCUT2D eigenvalue weighted by molar-refractivity contribution is 6.37. The number of halogens is 2. The zero-order valence-electron chi connectivity index (χ0n) is 25.2. The van der Waals surface area contributed by atoms with Crippen LogP contribution in [0.5, 0.6) is 11.8 Å². The number of rotatable bonds is 13. The Morgan fingerprint density at radius 2 is 1.85 bits per heavy atom. The first-order valence-electron chi connectivity index (χ1n) is 14.5. The summed E-state index contributed by atoms with van der Waals surface area (Å²) in [5.41, 5.74) is 10.3. The average molecular weight is 681 g/mol. The van der Waals surface area contributed by atoms with Crippen molar-refractivity contribution >= 4 is 46.9 Å². The lowest BCUT2D eigenvalue weighted by molar-refractivity contribution is -0.143. The van der Waals surface area contributed by atoms with Crippen LogP contribution in [0.3, 0.4) is 0 Å². The van der Waals surface area contributed by atoms with Crippen molar-refractivity contribution in [3.63, 3.8) is 0 Å². The van der Waals surface area contributed by atoms with E-state index in [1.807, 2.05) is 24.3 Å². The zero-order chi connectivity index (χ0) is 33.5. The number of carbonyl (C=O) groups is 3. The second-order valence-electron chi connectivity index (χ2n) is 10.5. The van der Waals surface area contributed by atoms with Crippen LogP contribution in [0.2, 0.25) is 10.0 Å². The van der Waals surface area contributed by atoms with Gasteiger partial charge in [-0.05, 0) is 47.7 Å². The molecule has 0 bridgehead atoms. The Labute approximate surface area is 280 Å². The van der Waals surface area contributed by atoms with Gasteiger partial charge in [0.15, 0.2) is 0 Å². The molecule has 1 atom stereocenters. The number of methoxy groups -OCH3 is 1. The monoisotopic (exact) mass is 679 g/mol. The van der Waals surface area contributed by atoms with Crippen LogP contribution < -0.4 is 25.8 Å². The van der Waals surface area contributed by atoms with E-state index in [1.165, 1.54) is 13.3 Å². The molecule has 0 fully saturated rings. The molecule has 0 aliphatic heterocycles. The first kappa shape index (κ1) is 33.6. The largest absolute Gasteiger partial charge is 0.481 e. The standard InChI is InChI=1S/C33H31Cl2N5O7/c1-45-32-19(15-37-16-28(41)42)12-25(34)33(40-32)47-26-10-9-21-20(4-2-5-22(21)26)23-6-3-7-24(30(23)35)31(44)39-27-11-8-18(14-38-27)17-46-29(43)13-36/h2-8,11-12,14,26,37H,9-10,13,15-17,36H2,1H3,(H,41,42)(H,38,39,44)/t26-/m0/s1. The third-order valence-corrected chi connectivity index (χ3v) is 8.08. The van der Waals surface area contributed by atoms with E-state index in [-0.39, 0.29) is 59.7 Å². The summed E-state index contributed by atoms with van der Waals surface area (Å²) in [6.07, 6.45) is 2.48. The van der Waals surface area contributed by atoms with Gasteiger partial charge in [0.2, 0.25) is 11.8 Å². The van der Waals surface area contributed by atoms with Crippen molar-refractivity contribution in [3.05, 3.63) is 98.7 Å². The Hall–Kier alpha value is -4.75. The van der Waals surface area contributed by atoms with Gasteiger partial charge >= 0.3 is 11.9 Å². The minimum absolute atomic E-state index is 0.0242. The summed E-state index contributed by atoms with van der Waals surface area (Å²) in [7, 11) is 1.47. The van der Waals surface area contributed by atoms with Gasteiger partial charge in [-0.3, -0.25) is 14.4 Å². The van der Waals surface area contributed by atoms with Crippen molar-refractivity contribution in [1.82, 2.24) is 15.3 Å². The predicted octanol–water partition coefficient (Wildman–Crippen LogP) is 4.95. The molecule has 1 aliphatic rings. The molecule has 0 radical (unpaired) electrons. The Balaban J connectivity index is 1.33. The number of carbonyl (C=O) groups excluding carboxylic acids is 2. The lowest BCUT2D eigenvalue weighted by atomic mass is 9.95. The molecule has 5 rings (SSSR count). The molecule has 1 amide bonds.